The average molecular weight is 251 g/mol. The summed E-state index contributed by atoms with van der Waals surface area (Å²) < 4.78 is 22.5. The minimum atomic E-state index is -1.85. The Kier molecular flexibility index (Phi) is 4.73. The third-order valence-electron chi connectivity index (χ3n) is 1.67. The first-order valence-corrected chi connectivity index (χ1v) is 4.43. The molecule has 0 saturated heterocycles. The van der Waals surface area contributed by atoms with Crippen molar-refractivity contribution in [3.8, 4) is 0 Å². The van der Waals surface area contributed by atoms with Crippen molar-refractivity contribution in [1.82, 2.24) is 0 Å². The molecular weight excluding hydrogens is 234 g/mol. The summed E-state index contributed by atoms with van der Waals surface area (Å²) in [5.74, 6) is -3.45. The number of amides is 1. The van der Waals surface area contributed by atoms with Crippen molar-refractivity contribution in [2.45, 2.75) is 32.1 Å². The molecule has 0 fully saturated rings. The molecule has 0 bridgehead atoms. The highest BCUT2D eigenvalue weighted by molar-refractivity contribution is 5.83. The van der Waals surface area contributed by atoms with Crippen LogP contribution in [-0.2, 0) is 23.9 Å². The van der Waals surface area contributed by atoms with Crippen LogP contribution in [0.5, 0.6) is 0 Å². The summed E-state index contributed by atoms with van der Waals surface area (Å²) in [4.78, 5) is 33.1. The first-order valence-electron chi connectivity index (χ1n) is 5.84. The van der Waals surface area contributed by atoms with E-state index in [2.05, 4.69) is 9.47 Å². The van der Waals surface area contributed by atoms with Gasteiger partial charge in [-0.25, -0.2) is 0 Å². The number of hydrogen-bond acceptors (Lipinski definition) is 7. The molecule has 0 heterocycles. The van der Waals surface area contributed by atoms with Gasteiger partial charge in [-0.1, -0.05) is 0 Å². The van der Waals surface area contributed by atoms with Gasteiger partial charge in [-0.05, 0) is 0 Å². The van der Waals surface area contributed by atoms with Crippen LogP contribution >= 0.6 is 0 Å². The molecule has 8 heteroatoms. The summed E-state index contributed by atoms with van der Waals surface area (Å²) >= 11 is 0. The Morgan fingerprint density at radius 3 is 2.24 bits per heavy atom. The highest BCUT2D eigenvalue weighted by atomic mass is 16.6. The molecule has 3 atom stereocenters. The molecule has 0 rings (SSSR count). The molecule has 0 aromatic rings. The number of rotatable bonds is 6. The van der Waals surface area contributed by atoms with E-state index in [1.165, 1.54) is 0 Å². The van der Waals surface area contributed by atoms with Crippen molar-refractivity contribution in [2.24, 2.45) is 5.73 Å². The van der Waals surface area contributed by atoms with E-state index < -0.39 is 56.6 Å². The quantitative estimate of drug-likeness (QED) is 0.451. The van der Waals surface area contributed by atoms with Gasteiger partial charge in [0.25, 0.3) is 5.91 Å². The fourth-order valence-electron chi connectivity index (χ4n) is 1.03. The molecule has 17 heavy (non-hydrogen) atoms. The SMILES string of the molecule is [2H]CC(=O)O[C@H]([C@H](O)CO)[C@@H](OC(=O)C[2H])C(N)=O. The van der Waals surface area contributed by atoms with Crippen LogP contribution in [0.4, 0.5) is 0 Å². The van der Waals surface area contributed by atoms with Gasteiger partial charge in [0.2, 0.25) is 6.10 Å². The maximum atomic E-state index is 11.1. The van der Waals surface area contributed by atoms with Crippen molar-refractivity contribution >= 4 is 17.8 Å². The molecule has 98 valence electrons. The predicted molar refractivity (Wildman–Crippen MR) is 53.4 cm³/mol. The third kappa shape index (κ3) is 5.27. The van der Waals surface area contributed by atoms with Gasteiger partial charge in [0.05, 0.1) is 6.61 Å². The van der Waals surface area contributed by atoms with Crippen LogP contribution in [-0.4, -0.2) is 53.0 Å². The third-order valence-corrected chi connectivity index (χ3v) is 1.67. The first-order chi connectivity index (χ1) is 8.87. The number of esters is 2. The largest absolute Gasteiger partial charge is 0.455 e. The van der Waals surface area contributed by atoms with Crippen LogP contribution in [0.1, 0.15) is 16.5 Å². The Morgan fingerprint density at radius 2 is 1.82 bits per heavy atom. The number of ether oxygens (including phenoxy) is 2. The molecule has 0 aromatic heterocycles. The van der Waals surface area contributed by atoms with E-state index in [9.17, 15) is 19.5 Å². The molecule has 0 aliphatic carbocycles. The second-order valence-electron chi connectivity index (χ2n) is 3.02. The minimum absolute atomic E-state index is 0.799. The molecular formula is C9H15NO7. The first kappa shape index (κ1) is 11.8. The van der Waals surface area contributed by atoms with E-state index in [0.717, 1.165) is 0 Å². The lowest BCUT2D eigenvalue weighted by Gasteiger charge is -2.26. The number of carbonyl (C=O) groups excluding carboxylic acids is 3. The van der Waals surface area contributed by atoms with Crippen LogP contribution in [0, 0.1) is 0 Å². The molecule has 0 radical (unpaired) electrons. The van der Waals surface area contributed by atoms with Gasteiger partial charge in [0.15, 0.2) is 6.10 Å². The number of carbonyl (C=O) groups is 3. The number of nitrogens with two attached hydrogens (primary N) is 1. The van der Waals surface area contributed by atoms with Crippen LogP contribution in [0.3, 0.4) is 0 Å². The molecule has 1 amide bonds. The lowest BCUT2D eigenvalue weighted by Crippen LogP contribution is -2.50. The molecule has 8 nitrogen and oxygen atoms in total. The Labute approximate surface area is 100 Å². The van der Waals surface area contributed by atoms with Gasteiger partial charge in [-0.2, -0.15) is 0 Å². The summed E-state index contributed by atoms with van der Waals surface area (Å²) in [7, 11) is 0. The summed E-state index contributed by atoms with van der Waals surface area (Å²) in [6.07, 6.45) is -5.32. The summed E-state index contributed by atoms with van der Waals surface area (Å²) in [5, 5.41) is 18.2. The normalized spacial score (nSPS) is 17.1. The molecule has 0 aliphatic heterocycles. The van der Waals surface area contributed by atoms with Crippen molar-refractivity contribution in [3.05, 3.63) is 0 Å². The van der Waals surface area contributed by atoms with E-state index in [0.29, 0.717) is 0 Å². The van der Waals surface area contributed by atoms with E-state index in [4.69, 9.17) is 13.6 Å². The van der Waals surface area contributed by atoms with Crippen molar-refractivity contribution in [3.63, 3.8) is 0 Å². The predicted octanol–water partition coefficient (Wildman–Crippen LogP) is -2.31. The second-order valence-corrected chi connectivity index (χ2v) is 3.02. The number of aliphatic hydroxyl groups is 2. The Morgan fingerprint density at radius 1 is 1.29 bits per heavy atom. The Balaban J connectivity index is 5.07. The van der Waals surface area contributed by atoms with E-state index in [-0.39, 0.29) is 0 Å². The highest BCUT2D eigenvalue weighted by Gasteiger charge is 2.37. The smallest absolute Gasteiger partial charge is 0.303 e. The fourth-order valence-corrected chi connectivity index (χ4v) is 1.03. The van der Waals surface area contributed by atoms with Crippen LogP contribution in [0.2, 0.25) is 0 Å². The molecule has 0 aliphatic rings. The topological polar surface area (TPSA) is 136 Å². The zero-order chi connectivity index (χ0) is 15.0. The van der Waals surface area contributed by atoms with E-state index in [1.54, 1.807) is 0 Å². The maximum absolute atomic E-state index is 11.1. The zero-order valence-corrected chi connectivity index (χ0v) is 8.87. The van der Waals surface area contributed by atoms with Crippen LogP contribution in [0.15, 0.2) is 0 Å². The van der Waals surface area contributed by atoms with Crippen molar-refractivity contribution in [2.75, 3.05) is 6.61 Å². The van der Waals surface area contributed by atoms with Crippen LogP contribution in [0.25, 0.3) is 0 Å². The van der Waals surface area contributed by atoms with Gasteiger partial charge in [-0.15, -0.1) is 0 Å². The number of primary amides is 1. The maximum Gasteiger partial charge on any atom is 0.303 e. The molecule has 0 spiro atoms. The lowest BCUT2D eigenvalue weighted by molar-refractivity contribution is -0.179. The summed E-state index contributed by atoms with van der Waals surface area (Å²) in [6, 6.07) is 0. The van der Waals surface area contributed by atoms with Gasteiger partial charge < -0.3 is 25.4 Å². The number of aliphatic hydroxyl groups excluding tert-OH is 2. The van der Waals surface area contributed by atoms with Crippen molar-refractivity contribution in [1.29, 1.82) is 0 Å². The van der Waals surface area contributed by atoms with E-state index in [1.807, 2.05) is 0 Å². The molecule has 4 N–H and O–H groups in total. The van der Waals surface area contributed by atoms with Crippen molar-refractivity contribution < 1.29 is 36.8 Å². The molecule has 0 unspecified atom stereocenters. The summed E-state index contributed by atoms with van der Waals surface area (Å²) in [5.41, 5.74) is 4.94. The summed E-state index contributed by atoms with van der Waals surface area (Å²) in [6.45, 7) is -2.50. The molecule has 0 aromatic carbocycles. The fraction of sp³-hybridized carbons (Fsp3) is 0.667. The van der Waals surface area contributed by atoms with Gasteiger partial charge in [-0.3, -0.25) is 14.4 Å². The number of hydrogen-bond donors (Lipinski definition) is 3. The van der Waals surface area contributed by atoms with Gasteiger partial charge in [0.1, 0.15) is 6.10 Å². The van der Waals surface area contributed by atoms with Gasteiger partial charge >= 0.3 is 11.9 Å². The van der Waals surface area contributed by atoms with Crippen LogP contribution < -0.4 is 5.73 Å². The zero-order valence-electron chi connectivity index (χ0n) is 10.9. The standard InChI is InChI=1S/C9H15NO7/c1-4(12)16-7(6(14)3-11)8(9(10)15)17-5(2)13/h6-8,11,14H,3H2,1-2H3,(H2,10,15)/t6-,7-,8-/m1/s1/i1D,2D. The Bertz CT molecular complexity index is 339. The van der Waals surface area contributed by atoms with E-state index >= 15 is 0 Å². The minimum Gasteiger partial charge on any atom is -0.455 e. The average Bonchev–Trinajstić information content (AvgIpc) is 2.40. The monoisotopic (exact) mass is 251 g/mol. The Hall–Kier alpha value is -1.67. The molecule has 0 saturated carbocycles. The highest BCUT2D eigenvalue weighted by Crippen LogP contribution is 2.10. The lowest BCUT2D eigenvalue weighted by atomic mass is 10.1. The second kappa shape index (κ2) is 6.81. The van der Waals surface area contributed by atoms with Gasteiger partial charge in [0, 0.05) is 16.5 Å².